The van der Waals surface area contributed by atoms with E-state index in [9.17, 15) is 14.4 Å². The number of hydrogen-bond acceptors (Lipinski definition) is 6. The monoisotopic (exact) mass is 1060 g/mol. The smallest absolute Gasteiger partial charge is 0.306 e. The van der Waals surface area contributed by atoms with Gasteiger partial charge in [0.2, 0.25) is 0 Å². The van der Waals surface area contributed by atoms with Crippen LogP contribution >= 0.6 is 0 Å². The Balaban J connectivity index is 4.34. The van der Waals surface area contributed by atoms with Crippen molar-refractivity contribution in [3.8, 4) is 0 Å². The van der Waals surface area contributed by atoms with Crippen molar-refractivity contribution in [1.29, 1.82) is 0 Å². The van der Waals surface area contributed by atoms with Gasteiger partial charge in [-0.05, 0) is 64.2 Å². The Morgan fingerprint density at radius 2 is 0.513 bits per heavy atom. The van der Waals surface area contributed by atoms with Crippen LogP contribution in [0.25, 0.3) is 0 Å². The van der Waals surface area contributed by atoms with Crippen LogP contribution in [0, 0.1) is 0 Å². The minimum absolute atomic E-state index is 0.0725. The van der Waals surface area contributed by atoms with Gasteiger partial charge >= 0.3 is 17.9 Å². The molecule has 0 spiro atoms. The van der Waals surface area contributed by atoms with Gasteiger partial charge in [0.1, 0.15) is 13.2 Å². The number of hydrogen-bond donors (Lipinski definition) is 0. The molecule has 6 heteroatoms. The average Bonchev–Trinajstić information content (AvgIpc) is 3.42. The average molecular weight is 1060 g/mol. The number of esters is 3. The first kappa shape index (κ1) is 73.1. The number of unbranched alkanes of at least 4 members (excludes halogenated alkanes) is 40. The summed E-state index contributed by atoms with van der Waals surface area (Å²) in [7, 11) is 0. The van der Waals surface area contributed by atoms with E-state index in [4.69, 9.17) is 14.2 Å². The third-order valence-electron chi connectivity index (χ3n) is 14.8. The Hall–Kier alpha value is -2.89. The van der Waals surface area contributed by atoms with Gasteiger partial charge in [0.25, 0.3) is 0 Å². The van der Waals surface area contributed by atoms with Crippen LogP contribution in [0.2, 0.25) is 0 Å². The lowest BCUT2D eigenvalue weighted by Gasteiger charge is -2.18. The summed E-state index contributed by atoms with van der Waals surface area (Å²) in [6.45, 7) is 6.58. The van der Waals surface area contributed by atoms with E-state index in [1.165, 1.54) is 212 Å². The zero-order chi connectivity index (χ0) is 55.0. The maximum absolute atomic E-state index is 12.9. The van der Waals surface area contributed by atoms with Gasteiger partial charge in [-0.2, -0.15) is 0 Å². The summed E-state index contributed by atoms with van der Waals surface area (Å²) >= 11 is 0. The minimum Gasteiger partial charge on any atom is -0.462 e. The van der Waals surface area contributed by atoms with Crippen molar-refractivity contribution < 1.29 is 28.6 Å². The number of carbonyl (C=O) groups is 3. The van der Waals surface area contributed by atoms with Gasteiger partial charge in [-0.1, -0.05) is 326 Å². The molecular weight excluding hydrogens is 937 g/mol. The normalized spacial score (nSPS) is 12.4. The van der Waals surface area contributed by atoms with E-state index in [0.717, 1.165) is 96.3 Å². The molecule has 0 saturated carbocycles. The maximum atomic E-state index is 12.9. The summed E-state index contributed by atoms with van der Waals surface area (Å²) in [5, 5.41) is 0. The molecule has 442 valence electrons. The lowest BCUT2D eigenvalue weighted by Crippen LogP contribution is -2.30. The van der Waals surface area contributed by atoms with Crippen molar-refractivity contribution in [1.82, 2.24) is 0 Å². The van der Waals surface area contributed by atoms with E-state index in [1.54, 1.807) is 0 Å². The van der Waals surface area contributed by atoms with Crippen LogP contribution in [0.4, 0.5) is 0 Å². The van der Waals surface area contributed by atoms with Gasteiger partial charge in [-0.15, -0.1) is 0 Å². The van der Waals surface area contributed by atoms with E-state index in [1.807, 2.05) is 0 Å². The number of ether oxygens (including phenoxy) is 3. The zero-order valence-electron chi connectivity index (χ0n) is 50.8. The van der Waals surface area contributed by atoms with Gasteiger partial charge in [-0.25, -0.2) is 0 Å². The van der Waals surface area contributed by atoms with Gasteiger partial charge in [0.05, 0.1) is 0 Å². The SMILES string of the molecule is CC/C=C\C/C=C\C/C=C\C/C=C\C/C=C\CCCCCCCCCC(=O)OCC(COC(=O)CCCCCCCCCCCCCCCCC)OC(=O)CCCCCCCCCCCCCCCCCCCCCC. The summed E-state index contributed by atoms with van der Waals surface area (Å²) in [5.74, 6) is -0.860. The molecule has 0 aromatic rings. The Kier molecular flexibility index (Phi) is 62.2. The Morgan fingerprint density at radius 1 is 0.276 bits per heavy atom. The summed E-state index contributed by atoms with van der Waals surface area (Å²) in [6, 6.07) is 0. The molecular formula is C70H126O6. The molecule has 0 heterocycles. The van der Waals surface area contributed by atoms with Crippen LogP contribution in [-0.4, -0.2) is 37.2 Å². The highest BCUT2D eigenvalue weighted by Gasteiger charge is 2.19. The second-order valence-corrected chi connectivity index (χ2v) is 22.4. The molecule has 0 saturated heterocycles. The summed E-state index contributed by atoms with van der Waals surface area (Å²) < 4.78 is 17.0. The Labute approximate surface area is 472 Å². The van der Waals surface area contributed by atoms with Crippen LogP contribution < -0.4 is 0 Å². The highest BCUT2D eigenvalue weighted by atomic mass is 16.6. The molecule has 6 nitrogen and oxygen atoms in total. The standard InChI is InChI=1S/C70H126O6/c1-4-7-10-13-16-19-22-25-28-30-32-34-35-36-38-39-42-45-48-51-54-57-60-63-69(72)75-66-67(65-74-68(71)62-59-56-53-50-47-44-41-27-24-21-18-15-12-9-6-3)76-70(73)64-61-58-55-52-49-46-43-40-37-33-31-29-26-23-20-17-14-11-8-5-2/h7,10,16,19,25,28,32,34,36,38,67H,4-6,8-9,11-15,17-18,20-24,26-27,29-31,33,35,37,39-66H2,1-3H3/b10-7-,19-16-,28-25-,34-32-,38-36-. The van der Waals surface area contributed by atoms with Crippen LogP contribution in [0.15, 0.2) is 60.8 Å². The lowest BCUT2D eigenvalue weighted by atomic mass is 10.0. The van der Waals surface area contributed by atoms with Crippen molar-refractivity contribution in [2.45, 2.75) is 354 Å². The van der Waals surface area contributed by atoms with Crippen LogP contribution in [0.3, 0.4) is 0 Å². The molecule has 1 unspecified atom stereocenters. The molecule has 0 fully saturated rings. The third-order valence-corrected chi connectivity index (χ3v) is 14.8. The molecule has 0 rings (SSSR count). The predicted molar refractivity (Wildman–Crippen MR) is 330 cm³/mol. The molecule has 0 aromatic carbocycles. The fourth-order valence-electron chi connectivity index (χ4n) is 9.83. The first-order valence-electron chi connectivity index (χ1n) is 33.3. The molecule has 0 aromatic heterocycles. The van der Waals surface area contributed by atoms with Crippen LogP contribution in [0.5, 0.6) is 0 Å². The van der Waals surface area contributed by atoms with Crippen molar-refractivity contribution >= 4 is 17.9 Å². The maximum Gasteiger partial charge on any atom is 0.306 e. The van der Waals surface area contributed by atoms with Crippen molar-refractivity contribution in [3.05, 3.63) is 60.8 Å². The van der Waals surface area contributed by atoms with Gasteiger partial charge in [0, 0.05) is 19.3 Å². The van der Waals surface area contributed by atoms with Crippen molar-refractivity contribution in [3.63, 3.8) is 0 Å². The van der Waals surface area contributed by atoms with Gasteiger partial charge in [-0.3, -0.25) is 14.4 Å². The second-order valence-electron chi connectivity index (χ2n) is 22.4. The van der Waals surface area contributed by atoms with Crippen LogP contribution in [0.1, 0.15) is 348 Å². The largest absolute Gasteiger partial charge is 0.462 e. The quantitative estimate of drug-likeness (QED) is 0.0261. The molecule has 0 bridgehead atoms. The molecule has 0 aliphatic heterocycles. The second kappa shape index (κ2) is 64.6. The fraction of sp³-hybridized carbons (Fsp3) is 0.814. The molecule has 0 aliphatic rings. The molecule has 76 heavy (non-hydrogen) atoms. The Bertz CT molecular complexity index is 1360. The topological polar surface area (TPSA) is 78.9 Å². The van der Waals surface area contributed by atoms with E-state index in [2.05, 4.69) is 81.5 Å². The van der Waals surface area contributed by atoms with Gasteiger partial charge < -0.3 is 14.2 Å². The molecule has 0 aliphatic carbocycles. The van der Waals surface area contributed by atoms with E-state index in [0.29, 0.717) is 19.3 Å². The number of allylic oxidation sites excluding steroid dienone is 10. The predicted octanol–water partition coefficient (Wildman–Crippen LogP) is 22.7. The molecule has 0 amide bonds. The van der Waals surface area contributed by atoms with E-state index < -0.39 is 6.10 Å². The number of carbonyl (C=O) groups excluding carboxylic acids is 3. The zero-order valence-corrected chi connectivity index (χ0v) is 50.8. The lowest BCUT2D eigenvalue weighted by molar-refractivity contribution is -0.167. The Morgan fingerprint density at radius 3 is 0.803 bits per heavy atom. The first-order valence-corrected chi connectivity index (χ1v) is 33.3. The van der Waals surface area contributed by atoms with Crippen molar-refractivity contribution in [2.75, 3.05) is 13.2 Å². The van der Waals surface area contributed by atoms with E-state index >= 15 is 0 Å². The summed E-state index contributed by atoms with van der Waals surface area (Å²) in [4.78, 5) is 38.4. The molecule has 0 N–H and O–H groups in total. The summed E-state index contributed by atoms with van der Waals surface area (Å²) in [5.41, 5.74) is 0. The highest BCUT2D eigenvalue weighted by Crippen LogP contribution is 2.18. The minimum atomic E-state index is -0.777. The molecule has 1 atom stereocenters. The first-order chi connectivity index (χ1) is 37.5. The van der Waals surface area contributed by atoms with Crippen molar-refractivity contribution in [2.24, 2.45) is 0 Å². The highest BCUT2D eigenvalue weighted by molar-refractivity contribution is 5.71. The number of rotatable bonds is 61. The third kappa shape index (κ3) is 62.0. The van der Waals surface area contributed by atoms with E-state index in [-0.39, 0.29) is 31.1 Å². The van der Waals surface area contributed by atoms with Crippen LogP contribution in [-0.2, 0) is 28.6 Å². The summed E-state index contributed by atoms with van der Waals surface area (Å²) in [6.07, 6.45) is 82.3. The van der Waals surface area contributed by atoms with Gasteiger partial charge in [0.15, 0.2) is 6.10 Å². The molecule has 0 radical (unpaired) electrons. The fourth-order valence-corrected chi connectivity index (χ4v) is 9.83.